The maximum Gasteiger partial charge on any atom is 0.416 e. The lowest BCUT2D eigenvalue weighted by Crippen LogP contribution is -3.00. The first kappa shape index (κ1) is 33.0. The summed E-state index contributed by atoms with van der Waals surface area (Å²) in [5.74, 6) is -0.0630. The Kier molecular flexibility index (Phi) is 9.50. The lowest BCUT2D eigenvalue weighted by Gasteiger charge is -2.23. The van der Waals surface area contributed by atoms with Crippen LogP contribution in [0.25, 0.3) is 33.7 Å². The van der Waals surface area contributed by atoms with Crippen LogP contribution in [0.2, 0.25) is 0 Å². The quantitative estimate of drug-likeness (QED) is 0.207. The summed E-state index contributed by atoms with van der Waals surface area (Å²) < 4.78 is 50.2. The summed E-state index contributed by atoms with van der Waals surface area (Å²) >= 11 is 0. The molecule has 10 nitrogen and oxygen atoms in total. The molecule has 0 spiro atoms. The molecule has 0 aliphatic carbocycles. The summed E-state index contributed by atoms with van der Waals surface area (Å²) in [5.41, 5.74) is 3.14. The van der Waals surface area contributed by atoms with Gasteiger partial charge in [0.1, 0.15) is 0 Å². The number of quaternary nitrogens is 1. The number of hydrogen-bond donors (Lipinski definition) is 1. The Hall–Kier alpha value is -4.93. The minimum Gasteiger partial charge on any atom is -1.00 e. The van der Waals surface area contributed by atoms with Crippen LogP contribution in [0.5, 0.6) is 0 Å². The molecule has 0 saturated heterocycles. The SMILES string of the molecule is Cc1c(-c2ccnn2-c2ccc(C#N)cc2)cn2nc(NC(=O)OCCC[N+](C)(C)C)nc2c1-c1cccc(C(F)(F)F)c1.[Cl-]. The van der Waals surface area contributed by atoms with Crippen LogP contribution in [0.15, 0.2) is 67.0 Å². The third-order valence-electron chi connectivity index (χ3n) is 6.94. The van der Waals surface area contributed by atoms with Crippen molar-refractivity contribution in [1.29, 1.82) is 5.26 Å². The van der Waals surface area contributed by atoms with Gasteiger partial charge in [-0.05, 0) is 60.5 Å². The van der Waals surface area contributed by atoms with Crippen LogP contribution in [-0.2, 0) is 10.9 Å². The van der Waals surface area contributed by atoms with E-state index < -0.39 is 17.8 Å². The van der Waals surface area contributed by atoms with Gasteiger partial charge in [-0.1, -0.05) is 12.1 Å². The second kappa shape index (κ2) is 13.0. The molecule has 14 heteroatoms. The Morgan fingerprint density at radius 2 is 1.84 bits per heavy atom. The zero-order valence-electron chi connectivity index (χ0n) is 24.9. The highest BCUT2D eigenvalue weighted by Gasteiger charge is 2.31. The van der Waals surface area contributed by atoms with Crippen molar-refractivity contribution in [3.63, 3.8) is 0 Å². The Labute approximate surface area is 263 Å². The van der Waals surface area contributed by atoms with Crippen molar-refractivity contribution in [3.05, 3.63) is 83.7 Å². The fourth-order valence-corrected chi connectivity index (χ4v) is 4.83. The number of hydrogen-bond acceptors (Lipinski definition) is 6. The van der Waals surface area contributed by atoms with Crippen LogP contribution < -0.4 is 17.7 Å². The van der Waals surface area contributed by atoms with Gasteiger partial charge in [-0.25, -0.2) is 14.0 Å². The number of nitrogens with zero attached hydrogens (tertiary/aromatic N) is 7. The highest BCUT2D eigenvalue weighted by Crippen LogP contribution is 2.38. The van der Waals surface area contributed by atoms with E-state index >= 15 is 0 Å². The molecule has 0 aliphatic heterocycles. The highest BCUT2D eigenvalue weighted by molar-refractivity contribution is 5.88. The van der Waals surface area contributed by atoms with Gasteiger partial charge in [0.05, 0.1) is 69.1 Å². The Morgan fingerprint density at radius 1 is 1.11 bits per heavy atom. The Bertz CT molecular complexity index is 1870. The van der Waals surface area contributed by atoms with Crippen LogP contribution in [0, 0.1) is 18.3 Å². The van der Waals surface area contributed by atoms with Crippen molar-refractivity contribution < 1.29 is 39.6 Å². The molecule has 1 amide bonds. The molecule has 0 radical (unpaired) electrons. The number of ether oxygens (including phenoxy) is 1. The maximum atomic E-state index is 13.7. The largest absolute Gasteiger partial charge is 1.00 e. The fourth-order valence-electron chi connectivity index (χ4n) is 4.83. The second-order valence-corrected chi connectivity index (χ2v) is 11.2. The number of alkyl halides is 3. The molecule has 234 valence electrons. The molecule has 0 atom stereocenters. The van der Waals surface area contributed by atoms with E-state index in [9.17, 15) is 23.2 Å². The Morgan fingerprint density at radius 3 is 2.51 bits per heavy atom. The smallest absolute Gasteiger partial charge is 0.416 e. The summed E-state index contributed by atoms with van der Waals surface area (Å²) in [5, 5.41) is 20.6. The molecular formula is C31H30ClF3N8O2. The van der Waals surface area contributed by atoms with Gasteiger partial charge in [-0.2, -0.15) is 28.5 Å². The molecule has 5 aromatic rings. The maximum absolute atomic E-state index is 13.7. The number of pyridine rings is 1. The number of aromatic nitrogens is 5. The van der Waals surface area contributed by atoms with E-state index in [0.717, 1.165) is 23.2 Å². The summed E-state index contributed by atoms with van der Waals surface area (Å²) in [6, 6.07) is 15.7. The van der Waals surface area contributed by atoms with E-state index in [2.05, 4.69) is 26.6 Å². The van der Waals surface area contributed by atoms with E-state index in [-0.39, 0.29) is 36.2 Å². The van der Waals surface area contributed by atoms with Crippen LogP contribution >= 0.6 is 0 Å². The molecule has 0 aliphatic rings. The van der Waals surface area contributed by atoms with Crippen molar-refractivity contribution in [2.24, 2.45) is 0 Å². The van der Waals surface area contributed by atoms with E-state index in [1.54, 1.807) is 60.4 Å². The highest BCUT2D eigenvalue weighted by atomic mass is 35.5. The van der Waals surface area contributed by atoms with Gasteiger partial charge >= 0.3 is 12.3 Å². The summed E-state index contributed by atoms with van der Waals surface area (Å²) in [4.78, 5) is 17.0. The second-order valence-electron chi connectivity index (χ2n) is 11.2. The molecule has 0 unspecified atom stereocenters. The monoisotopic (exact) mass is 638 g/mol. The Balaban J connectivity index is 0.00000461. The first-order valence-corrected chi connectivity index (χ1v) is 13.7. The number of nitriles is 1. The standard InChI is InChI=1S/C31H29F3N8O2.ClH/c1-20-25(26-13-14-36-41(26)24-11-9-21(18-35)10-12-24)19-40-28(27(20)22-7-5-8-23(17-22)31(32,33)34)37-29(39-40)38-30(43)44-16-6-15-42(2,3)4;/h5,7-14,17,19H,6,15-16H2,1-4H3;1H. The number of halogens is 4. The van der Waals surface area contributed by atoms with Crippen molar-refractivity contribution >= 4 is 17.7 Å². The number of amides is 1. The van der Waals surface area contributed by atoms with Crippen LogP contribution in [0.3, 0.4) is 0 Å². The van der Waals surface area contributed by atoms with Gasteiger partial charge in [-0.3, -0.25) is 5.32 Å². The summed E-state index contributed by atoms with van der Waals surface area (Å²) in [7, 11) is 6.11. The summed E-state index contributed by atoms with van der Waals surface area (Å²) in [6.45, 7) is 2.79. The number of anilines is 1. The lowest BCUT2D eigenvalue weighted by molar-refractivity contribution is -0.870. The first-order chi connectivity index (χ1) is 20.8. The fraction of sp³-hybridized carbons (Fsp3) is 0.258. The summed E-state index contributed by atoms with van der Waals surface area (Å²) in [6.07, 6.45) is -1.35. The average molecular weight is 639 g/mol. The van der Waals surface area contributed by atoms with Gasteiger partial charge in [0.25, 0.3) is 5.95 Å². The number of carbonyl (C=O) groups excluding carboxylic acids is 1. The number of benzene rings is 2. The average Bonchev–Trinajstić information content (AvgIpc) is 3.61. The van der Waals surface area contributed by atoms with E-state index in [0.29, 0.717) is 40.1 Å². The number of nitrogens with one attached hydrogen (secondary N) is 1. The zero-order chi connectivity index (χ0) is 31.6. The number of rotatable bonds is 8. The molecule has 3 heterocycles. The predicted octanol–water partition coefficient (Wildman–Crippen LogP) is 3.10. The van der Waals surface area contributed by atoms with Gasteiger partial charge in [0.15, 0.2) is 5.65 Å². The van der Waals surface area contributed by atoms with Gasteiger partial charge in [-0.15, -0.1) is 5.10 Å². The van der Waals surface area contributed by atoms with Crippen molar-refractivity contribution in [1.82, 2.24) is 24.4 Å². The van der Waals surface area contributed by atoms with Crippen molar-refractivity contribution in [3.8, 4) is 34.1 Å². The molecule has 2 aromatic carbocycles. The topological polar surface area (TPSA) is 110 Å². The van der Waals surface area contributed by atoms with E-state index in [4.69, 9.17) is 4.74 Å². The van der Waals surface area contributed by atoms with Crippen LogP contribution in [0.1, 0.15) is 23.1 Å². The van der Waals surface area contributed by atoms with Crippen molar-refractivity contribution in [2.45, 2.75) is 19.5 Å². The van der Waals surface area contributed by atoms with Crippen molar-refractivity contribution in [2.75, 3.05) is 39.6 Å². The van der Waals surface area contributed by atoms with Gasteiger partial charge in [0, 0.05) is 23.7 Å². The van der Waals surface area contributed by atoms with E-state index in [1.807, 2.05) is 21.1 Å². The zero-order valence-corrected chi connectivity index (χ0v) is 25.7. The molecule has 0 saturated carbocycles. The third kappa shape index (κ3) is 7.42. The normalized spacial score (nSPS) is 11.6. The minimum atomic E-state index is -4.55. The predicted molar refractivity (Wildman–Crippen MR) is 158 cm³/mol. The molecule has 0 bridgehead atoms. The van der Waals surface area contributed by atoms with Crippen LogP contribution in [-0.4, -0.2) is 69.2 Å². The molecule has 45 heavy (non-hydrogen) atoms. The molecule has 5 rings (SSSR count). The molecule has 0 fully saturated rings. The molecule has 3 aromatic heterocycles. The van der Waals surface area contributed by atoms with Gasteiger partial charge in [0.2, 0.25) is 0 Å². The lowest BCUT2D eigenvalue weighted by atomic mass is 9.95. The van der Waals surface area contributed by atoms with E-state index in [1.165, 1.54) is 10.6 Å². The first-order valence-electron chi connectivity index (χ1n) is 13.7. The van der Waals surface area contributed by atoms with Crippen LogP contribution in [0.4, 0.5) is 23.9 Å². The van der Waals surface area contributed by atoms with Gasteiger partial charge < -0.3 is 21.6 Å². The minimum absolute atomic E-state index is 0. The molecular weight excluding hydrogens is 609 g/mol. The number of fused-ring (bicyclic) bond motifs is 1. The molecule has 1 N–H and O–H groups in total. The number of carbonyl (C=O) groups is 1. The third-order valence-corrected chi connectivity index (χ3v) is 6.94.